The van der Waals surface area contributed by atoms with Gasteiger partial charge in [-0.25, -0.2) is 4.79 Å². The van der Waals surface area contributed by atoms with Gasteiger partial charge >= 0.3 is 6.09 Å². The third kappa shape index (κ3) is 3.25. The molecule has 0 aliphatic carbocycles. The Hall–Kier alpha value is -2.25. The first-order chi connectivity index (χ1) is 10.9. The van der Waals surface area contributed by atoms with Crippen LogP contribution in [0.15, 0.2) is 24.3 Å². The van der Waals surface area contributed by atoms with Crippen molar-refractivity contribution in [2.45, 2.75) is 6.23 Å². The van der Waals surface area contributed by atoms with Gasteiger partial charge in [-0.2, -0.15) is 0 Å². The molecule has 3 N–H and O–H groups in total. The number of nitrogens with one attached hydrogen (secondary N) is 1. The topological polar surface area (TPSA) is 91.7 Å². The number of benzene rings is 1. The second-order valence-electron chi connectivity index (χ2n) is 5.54. The predicted molar refractivity (Wildman–Crippen MR) is 86.3 cm³/mol. The van der Waals surface area contributed by atoms with E-state index in [9.17, 15) is 9.59 Å². The third-order valence-corrected chi connectivity index (χ3v) is 4.18. The molecule has 2 heterocycles. The van der Waals surface area contributed by atoms with E-state index >= 15 is 0 Å². The molecule has 0 spiro atoms. The number of rotatable bonds is 2. The summed E-state index contributed by atoms with van der Waals surface area (Å²) in [5.74, 6) is -0.150. The highest BCUT2D eigenvalue weighted by molar-refractivity contribution is 6.31. The SMILES string of the molecule is CN1CCN(C(=O)c2cc3cc(Cl)ccc3[nH]2)CC1OC(N)=O. The second-order valence-corrected chi connectivity index (χ2v) is 5.97. The number of H-pyrrole nitrogens is 1. The first-order valence-corrected chi connectivity index (χ1v) is 7.56. The highest BCUT2D eigenvalue weighted by Crippen LogP contribution is 2.21. The van der Waals surface area contributed by atoms with Crippen molar-refractivity contribution in [2.75, 3.05) is 26.7 Å². The van der Waals surface area contributed by atoms with Gasteiger partial charge in [-0.1, -0.05) is 11.6 Å². The number of ether oxygens (including phenoxy) is 1. The monoisotopic (exact) mass is 336 g/mol. The molecule has 3 rings (SSSR count). The lowest BCUT2D eigenvalue weighted by atomic mass is 10.2. The number of halogens is 1. The number of primary amides is 1. The standard InChI is InChI=1S/C15H17ClN4O3/c1-19-4-5-20(8-13(19)23-15(17)22)14(21)12-7-9-6-10(16)2-3-11(9)18-12/h2-3,6-7,13,18H,4-5,8H2,1H3,(H2,17,22). The second kappa shape index (κ2) is 6.10. The fourth-order valence-electron chi connectivity index (χ4n) is 2.68. The van der Waals surface area contributed by atoms with Gasteiger partial charge in [0.1, 0.15) is 5.69 Å². The molecule has 1 aromatic heterocycles. The van der Waals surface area contributed by atoms with Crippen molar-refractivity contribution in [3.63, 3.8) is 0 Å². The molecule has 1 unspecified atom stereocenters. The smallest absolute Gasteiger partial charge is 0.406 e. The van der Waals surface area contributed by atoms with Crippen LogP contribution < -0.4 is 5.73 Å². The van der Waals surface area contributed by atoms with Crippen LogP contribution in [0.1, 0.15) is 10.5 Å². The van der Waals surface area contributed by atoms with E-state index < -0.39 is 12.3 Å². The van der Waals surface area contributed by atoms with Crippen LogP contribution in [-0.2, 0) is 4.74 Å². The van der Waals surface area contributed by atoms with Gasteiger partial charge in [0.2, 0.25) is 0 Å². The number of aromatic amines is 1. The average Bonchev–Trinajstić information content (AvgIpc) is 2.91. The molecule has 0 bridgehead atoms. The van der Waals surface area contributed by atoms with Crippen molar-refractivity contribution in [1.82, 2.24) is 14.8 Å². The maximum atomic E-state index is 12.7. The minimum Gasteiger partial charge on any atom is -0.428 e. The maximum absolute atomic E-state index is 12.7. The molecule has 2 amide bonds. The molecule has 0 radical (unpaired) electrons. The van der Waals surface area contributed by atoms with Crippen molar-refractivity contribution in [1.29, 1.82) is 0 Å². The normalized spacial score (nSPS) is 19.0. The van der Waals surface area contributed by atoms with Crippen LogP contribution in [0, 0.1) is 0 Å². The molecular weight excluding hydrogens is 320 g/mol. The summed E-state index contributed by atoms with van der Waals surface area (Å²) in [5.41, 5.74) is 6.39. The molecule has 7 nitrogen and oxygen atoms in total. The molecule has 8 heteroatoms. The summed E-state index contributed by atoms with van der Waals surface area (Å²) < 4.78 is 5.04. The first kappa shape index (κ1) is 15.6. The number of nitrogens with two attached hydrogens (primary N) is 1. The zero-order valence-corrected chi connectivity index (χ0v) is 13.3. The van der Waals surface area contributed by atoms with E-state index in [0.717, 1.165) is 10.9 Å². The fourth-order valence-corrected chi connectivity index (χ4v) is 2.86. The Labute approximate surface area is 137 Å². The van der Waals surface area contributed by atoms with Crippen molar-refractivity contribution in [3.8, 4) is 0 Å². The number of hydrogen-bond donors (Lipinski definition) is 2. The van der Waals surface area contributed by atoms with Gasteiger partial charge in [-0.05, 0) is 31.3 Å². The van der Waals surface area contributed by atoms with E-state index in [2.05, 4.69) is 4.98 Å². The summed E-state index contributed by atoms with van der Waals surface area (Å²) in [5, 5.41) is 1.49. The minimum absolute atomic E-state index is 0.150. The van der Waals surface area contributed by atoms with Gasteiger partial charge < -0.3 is 20.4 Å². The van der Waals surface area contributed by atoms with Gasteiger partial charge in [0.15, 0.2) is 6.23 Å². The van der Waals surface area contributed by atoms with E-state index in [1.807, 2.05) is 18.0 Å². The Kier molecular flexibility index (Phi) is 4.14. The van der Waals surface area contributed by atoms with Crippen molar-refractivity contribution in [2.24, 2.45) is 5.73 Å². The van der Waals surface area contributed by atoms with Gasteiger partial charge in [0.25, 0.3) is 5.91 Å². The minimum atomic E-state index is -0.851. The number of amides is 2. The number of carbonyl (C=O) groups is 2. The Morgan fingerprint density at radius 2 is 2.13 bits per heavy atom. The molecule has 0 saturated carbocycles. The van der Waals surface area contributed by atoms with Crippen LogP contribution in [0.25, 0.3) is 10.9 Å². The van der Waals surface area contributed by atoms with Crippen LogP contribution in [0.2, 0.25) is 5.02 Å². The van der Waals surface area contributed by atoms with Crippen LogP contribution in [-0.4, -0.2) is 59.7 Å². The molecule has 1 saturated heterocycles. The summed E-state index contributed by atoms with van der Waals surface area (Å²) in [7, 11) is 1.82. The number of aromatic nitrogens is 1. The predicted octanol–water partition coefficient (Wildman–Crippen LogP) is 1.63. The molecule has 1 atom stereocenters. The fraction of sp³-hybridized carbons (Fsp3) is 0.333. The first-order valence-electron chi connectivity index (χ1n) is 7.18. The van der Waals surface area contributed by atoms with Crippen LogP contribution in [0.3, 0.4) is 0 Å². The van der Waals surface area contributed by atoms with Gasteiger partial charge in [0, 0.05) is 29.0 Å². The lowest BCUT2D eigenvalue weighted by molar-refractivity contribution is -0.0413. The molecule has 2 aromatic rings. The van der Waals surface area contributed by atoms with E-state index in [-0.39, 0.29) is 12.5 Å². The van der Waals surface area contributed by atoms with Crippen molar-refractivity contribution < 1.29 is 14.3 Å². The molecule has 23 heavy (non-hydrogen) atoms. The Morgan fingerprint density at radius 3 is 2.87 bits per heavy atom. The maximum Gasteiger partial charge on any atom is 0.406 e. The summed E-state index contributed by atoms with van der Waals surface area (Å²) >= 11 is 5.96. The van der Waals surface area contributed by atoms with E-state index in [4.69, 9.17) is 22.1 Å². The number of fused-ring (bicyclic) bond motifs is 1. The van der Waals surface area contributed by atoms with E-state index in [0.29, 0.717) is 23.8 Å². The molecule has 1 aliphatic rings. The lowest BCUT2D eigenvalue weighted by Crippen LogP contribution is -2.55. The van der Waals surface area contributed by atoms with E-state index in [1.54, 1.807) is 23.1 Å². The summed E-state index contributed by atoms with van der Waals surface area (Å²) in [6, 6.07) is 7.16. The average molecular weight is 337 g/mol. The number of likely N-dealkylation sites (N-methyl/N-ethyl adjacent to an activating group) is 1. The summed E-state index contributed by atoms with van der Waals surface area (Å²) in [4.78, 5) is 30.2. The highest BCUT2D eigenvalue weighted by Gasteiger charge is 2.30. The van der Waals surface area contributed by atoms with Crippen LogP contribution in [0.4, 0.5) is 4.79 Å². The lowest BCUT2D eigenvalue weighted by Gasteiger charge is -2.38. The third-order valence-electron chi connectivity index (χ3n) is 3.94. The summed E-state index contributed by atoms with van der Waals surface area (Å²) in [6.45, 7) is 1.41. The summed E-state index contributed by atoms with van der Waals surface area (Å²) in [6.07, 6.45) is -1.39. The van der Waals surface area contributed by atoms with Crippen LogP contribution in [0.5, 0.6) is 0 Å². The van der Waals surface area contributed by atoms with Gasteiger partial charge in [-0.15, -0.1) is 0 Å². The van der Waals surface area contributed by atoms with Crippen molar-refractivity contribution >= 4 is 34.5 Å². The zero-order valence-electron chi connectivity index (χ0n) is 12.6. The molecule has 1 fully saturated rings. The Morgan fingerprint density at radius 1 is 1.35 bits per heavy atom. The molecule has 1 aromatic carbocycles. The van der Waals surface area contributed by atoms with Crippen molar-refractivity contribution in [3.05, 3.63) is 35.0 Å². The zero-order chi connectivity index (χ0) is 16.6. The number of nitrogens with zero attached hydrogens (tertiary/aromatic N) is 2. The highest BCUT2D eigenvalue weighted by atomic mass is 35.5. The Balaban J connectivity index is 1.79. The van der Waals surface area contributed by atoms with Crippen LogP contribution >= 0.6 is 11.6 Å². The quantitative estimate of drug-likeness (QED) is 0.872. The largest absolute Gasteiger partial charge is 0.428 e. The van der Waals surface area contributed by atoms with Gasteiger partial charge in [0.05, 0.1) is 6.54 Å². The number of piperazine rings is 1. The van der Waals surface area contributed by atoms with Gasteiger partial charge in [-0.3, -0.25) is 9.69 Å². The Bertz CT molecular complexity index is 760. The molecule has 1 aliphatic heterocycles. The molecular formula is C15H17ClN4O3. The van der Waals surface area contributed by atoms with E-state index in [1.165, 1.54) is 0 Å². The molecule has 122 valence electrons. The number of hydrogen-bond acceptors (Lipinski definition) is 4. The number of carbonyl (C=O) groups excluding carboxylic acids is 2.